The average Bonchev–Trinajstić information content (AvgIpc) is 2.55. The predicted octanol–water partition coefficient (Wildman–Crippen LogP) is 2.91. The first-order valence-electron chi connectivity index (χ1n) is 9.23. The highest BCUT2D eigenvalue weighted by Gasteiger charge is 2.21. The summed E-state index contributed by atoms with van der Waals surface area (Å²) in [5.74, 6) is 1.85. The number of nitrogens with one attached hydrogen (secondary N) is 1. The van der Waals surface area contributed by atoms with Crippen LogP contribution in [-0.4, -0.2) is 64.0 Å². The van der Waals surface area contributed by atoms with Gasteiger partial charge in [-0.2, -0.15) is 0 Å². The molecule has 5 heteroatoms. The molecule has 1 saturated heterocycles. The molecule has 1 aliphatic heterocycles. The molecule has 0 amide bonds. The van der Waals surface area contributed by atoms with Crippen molar-refractivity contribution in [3.05, 3.63) is 0 Å². The molecule has 0 aromatic heterocycles. The van der Waals surface area contributed by atoms with Crippen molar-refractivity contribution in [1.82, 2.24) is 10.2 Å². The molecular weight excluding hydrogens is 290 g/mol. The molecule has 0 spiro atoms. The summed E-state index contributed by atoms with van der Waals surface area (Å²) in [4.78, 5) is 6.79. The highest BCUT2D eigenvalue weighted by molar-refractivity contribution is 5.79. The summed E-state index contributed by atoms with van der Waals surface area (Å²) in [6, 6.07) is 0. The van der Waals surface area contributed by atoms with Gasteiger partial charge in [0.1, 0.15) is 0 Å². The quantitative estimate of drug-likeness (QED) is 0.381. The molecule has 0 aromatic carbocycles. The summed E-state index contributed by atoms with van der Waals surface area (Å²) in [6.07, 6.45) is 7.37. The number of piperidine rings is 1. The molecule has 0 aliphatic carbocycles. The van der Waals surface area contributed by atoms with Gasteiger partial charge in [0.25, 0.3) is 0 Å². The highest BCUT2D eigenvalue weighted by Crippen LogP contribution is 2.14. The van der Waals surface area contributed by atoms with Crippen molar-refractivity contribution in [2.45, 2.75) is 58.5 Å². The van der Waals surface area contributed by atoms with Crippen molar-refractivity contribution in [2.24, 2.45) is 10.9 Å². The molecule has 0 unspecified atom stereocenters. The molecule has 1 N–H and O–H groups in total. The van der Waals surface area contributed by atoms with E-state index in [1.807, 2.05) is 7.05 Å². The normalized spacial score (nSPS) is 17.1. The molecule has 1 aliphatic rings. The molecule has 1 heterocycles. The van der Waals surface area contributed by atoms with Gasteiger partial charge in [-0.15, -0.1) is 0 Å². The number of ether oxygens (including phenoxy) is 2. The lowest BCUT2D eigenvalue weighted by molar-refractivity contribution is 0.00991. The fraction of sp³-hybridized carbons (Fsp3) is 0.944. The van der Waals surface area contributed by atoms with Crippen LogP contribution < -0.4 is 5.32 Å². The number of hydrogen-bond acceptors (Lipinski definition) is 3. The van der Waals surface area contributed by atoms with Crippen molar-refractivity contribution < 1.29 is 9.47 Å². The van der Waals surface area contributed by atoms with Gasteiger partial charge in [-0.05, 0) is 31.6 Å². The molecule has 0 aromatic rings. The van der Waals surface area contributed by atoms with E-state index in [-0.39, 0.29) is 0 Å². The van der Waals surface area contributed by atoms with Gasteiger partial charge >= 0.3 is 0 Å². The summed E-state index contributed by atoms with van der Waals surface area (Å²) in [7, 11) is 3.61. The Morgan fingerprint density at radius 3 is 2.52 bits per heavy atom. The zero-order chi connectivity index (χ0) is 16.9. The Kier molecular flexibility index (Phi) is 11.1. The largest absolute Gasteiger partial charge is 0.385 e. The van der Waals surface area contributed by atoms with Crippen molar-refractivity contribution in [2.75, 3.05) is 47.0 Å². The van der Waals surface area contributed by atoms with E-state index in [9.17, 15) is 0 Å². The van der Waals surface area contributed by atoms with Crippen LogP contribution in [0, 0.1) is 5.92 Å². The van der Waals surface area contributed by atoms with Gasteiger partial charge in [-0.3, -0.25) is 4.99 Å². The lowest BCUT2D eigenvalue weighted by atomic mass is 10.1. The van der Waals surface area contributed by atoms with Gasteiger partial charge < -0.3 is 19.7 Å². The Labute approximate surface area is 142 Å². The molecule has 5 nitrogen and oxygen atoms in total. The van der Waals surface area contributed by atoms with Crippen molar-refractivity contribution in [3.63, 3.8) is 0 Å². The fourth-order valence-electron chi connectivity index (χ4n) is 2.90. The third-order valence-electron chi connectivity index (χ3n) is 4.29. The Bertz CT molecular complexity index is 313. The summed E-state index contributed by atoms with van der Waals surface area (Å²) >= 11 is 0. The number of aliphatic imine (C=N–C) groups is 1. The number of hydrogen-bond donors (Lipinski definition) is 1. The van der Waals surface area contributed by atoms with Crippen molar-refractivity contribution in [1.29, 1.82) is 0 Å². The van der Waals surface area contributed by atoms with Crippen LogP contribution in [0.5, 0.6) is 0 Å². The van der Waals surface area contributed by atoms with Crippen molar-refractivity contribution in [3.8, 4) is 0 Å². The first-order chi connectivity index (χ1) is 11.2. The smallest absolute Gasteiger partial charge is 0.193 e. The second-order valence-electron chi connectivity index (χ2n) is 6.77. The van der Waals surface area contributed by atoms with Gasteiger partial charge in [0.15, 0.2) is 5.96 Å². The van der Waals surface area contributed by atoms with E-state index < -0.39 is 0 Å². The van der Waals surface area contributed by atoms with Gasteiger partial charge in [0.05, 0.1) is 6.10 Å². The number of unbranched alkanes of at least 4 members (excludes halogenated alkanes) is 1. The van der Waals surface area contributed by atoms with Gasteiger partial charge in [0.2, 0.25) is 0 Å². The summed E-state index contributed by atoms with van der Waals surface area (Å²) in [5.41, 5.74) is 0. The van der Waals surface area contributed by atoms with Gasteiger partial charge in [0, 0.05) is 47.0 Å². The van der Waals surface area contributed by atoms with Gasteiger partial charge in [-0.25, -0.2) is 0 Å². The molecule has 0 radical (unpaired) electrons. The summed E-state index contributed by atoms with van der Waals surface area (Å²) in [6.45, 7) is 9.24. The number of nitrogens with zero attached hydrogens (tertiary/aromatic N) is 2. The fourth-order valence-corrected chi connectivity index (χ4v) is 2.90. The SMILES string of the molecule is CN=C(NCCCCC(C)C)N1CCC(OCCCOC)CC1. The Balaban J connectivity index is 2.15. The Hall–Kier alpha value is -0.810. The third-order valence-corrected chi connectivity index (χ3v) is 4.29. The van der Waals surface area contributed by atoms with Crippen LogP contribution in [0.25, 0.3) is 0 Å². The van der Waals surface area contributed by atoms with Crippen LogP contribution in [0.3, 0.4) is 0 Å². The Morgan fingerprint density at radius 2 is 1.91 bits per heavy atom. The number of rotatable bonds is 10. The van der Waals surface area contributed by atoms with E-state index >= 15 is 0 Å². The maximum Gasteiger partial charge on any atom is 0.193 e. The first-order valence-corrected chi connectivity index (χ1v) is 9.23. The summed E-state index contributed by atoms with van der Waals surface area (Å²) in [5, 5.41) is 3.51. The predicted molar refractivity (Wildman–Crippen MR) is 97.1 cm³/mol. The molecule has 136 valence electrons. The van der Waals surface area contributed by atoms with E-state index in [0.717, 1.165) is 64.0 Å². The van der Waals surface area contributed by atoms with Crippen LogP contribution in [-0.2, 0) is 9.47 Å². The zero-order valence-corrected chi connectivity index (χ0v) is 15.6. The lowest BCUT2D eigenvalue weighted by Gasteiger charge is -2.34. The van der Waals surface area contributed by atoms with E-state index in [1.165, 1.54) is 19.3 Å². The molecular formula is C18H37N3O2. The molecule has 0 atom stereocenters. The topological polar surface area (TPSA) is 46.1 Å². The minimum atomic E-state index is 0.396. The van der Waals surface area contributed by atoms with Crippen molar-refractivity contribution >= 4 is 5.96 Å². The van der Waals surface area contributed by atoms with Crippen LogP contribution >= 0.6 is 0 Å². The van der Waals surface area contributed by atoms with E-state index in [1.54, 1.807) is 7.11 Å². The van der Waals surface area contributed by atoms with E-state index in [0.29, 0.717) is 6.10 Å². The zero-order valence-electron chi connectivity index (χ0n) is 15.6. The van der Waals surface area contributed by atoms with Gasteiger partial charge in [-0.1, -0.05) is 26.7 Å². The number of likely N-dealkylation sites (tertiary alicyclic amines) is 1. The summed E-state index contributed by atoms with van der Waals surface area (Å²) < 4.78 is 11.0. The van der Waals surface area contributed by atoms with E-state index in [2.05, 4.69) is 29.1 Å². The molecule has 23 heavy (non-hydrogen) atoms. The van der Waals surface area contributed by atoms with Crippen LogP contribution in [0.4, 0.5) is 0 Å². The highest BCUT2D eigenvalue weighted by atomic mass is 16.5. The first kappa shape index (κ1) is 20.2. The molecule has 0 saturated carbocycles. The maximum atomic E-state index is 5.92. The minimum absolute atomic E-state index is 0.396. The number of methoxy groups -OCH3 is 1. The van der Waals surface area contributed by atoms with Crippen LogP contribution in [0.15, 0.2) is 4.99 Å². The Morgan fingerprint density at radius 1 is 1.17 bits per heavy atom. The molecule has 1 fully saturated rings. The lowest BCUT2D eigenvalue weighted by Crippen LogP contribution is -2.47. The third kappa shape index (κ3) is 9.16. The van der Waals surface area contributed by atoms with E-state index in [4.69, 9.17) is 9.47 Å². The van der Waals surface area contributed by atoms with Crippen LogP contribution in [0.2, 0.25) is 0 Å². The second kappa shape index (κ2) is 12.6. The maximum absolute atomic E-state index is 5.92. The molecule has 1 rings (SSSR count). The molecule has 0 bridgehead atoms. The number of guanidine groups is 1. The standard InChI is InChI=1S/C18H37N3O2/c1-16(2)8-5-6-11-20-18(19-3)21-12-9-17(10-13-21)23-15-7-14-22-4/h16-17H,5-15H2,1-4H3,(H,19,20). The average molecular weight is 328 g/mol. The minimum Gasteiger partial charge on any atom is -0.385 e. The monoisotopic (exact) mass is 327 g/mol. The van der Waals surface area contributed by atoms with Crippen LogP contribution in [0.1, 0.15) is 52.4 Å². The second-order valence-corrected chi connectivity index (χ2v) is 6.77.